The van der Waals surface area contributed by atoms with E-state index >= 15 is 0 Å². The number of piperidine rings is 1. The zero-order chi connectivity index (χ0) is 25.7. The van der Waals surface area contributed by atoms with Crippen LogP contribution in [0.15, 0.2) is 116 Å². The Morgan fingerprint density at radius 1 is 0.676 bits per heavy atom. The fraction of sp³-hybridized carbons (Fsp3) is 0.333. The minimum absolute atomic E-state index is 0.0193. The first-order valence-corrected chi connectivity index (χ1v) is 13.2. The first-order chi connectivity index (χ1) is 18.3. The van der Waals surface area contributed by atoms with E-state index < -0.39 is 0 Å². The third-order valence-corrected chi connectivity index (χ3v) is 6.84. The van der Waals surface area contributed by atoms with Gasteiger partial charge in [-0.25, -0.2) is 0 Å². The summed E-state index contributed by atoms with van der Waals surface area (Å²) in [5.41, 5.74) is 3.42. The number of allylic oxidation sites excluding steroid dienone is 1. The monoisotopic (exact) mass is 497 g/mol. The highest BCUT2D eigenvalue weighted by Gasteiger charge is 2.44. The van der Waals surface area contributed by atoms with Crippen LogP contribution in [-0.2, 0) is 34.0 Å². The summed E-state index contributed by atoms with van der Waals surface area (Å²) in [6.45, 7) is 11.3. The molecule has 0 spiro atoms. The Labute approximate surface area is 222 Å². The van der Waals surface area contributed by atoms with Gasteiger partial charge < -0.3 is 14.2 Å². The summed E-state index contributed by atoms with van der Waals surface area (Å²) in [5.74, 6) is 0. The van der Waals surface area contributed by atoms with Gasteiger partial charge in [-0.1, -0.05) is 103 Å². The zero-order valence-electron chi connectivity index (χ0n) is 21.7. The van der Waals surface area contributed by atoms with Crippen molar-refractivity contribution in [2.75, 3.05) is 13.1 Å². The van der Waals surface area contributed by atoms with E-state index in [1.54, 1.807) is 0 Å². The molecule has 1 saturated heterocycles. The van der Waals surface area contributed by atoms with E-state index in [1.807, 2.05) is 66.7 Å². The minimum Gasteiger partial charge on any atom is -0.369 e. The summed E-state index contributed by atoms with van der Waals surface area (Å²) in [6, 6.07) is 30.9. The van der Waals surface area contributed by atoms with Crippen LogP contribution in [0.25, 0.3) is 0 Å². The lowest BCUT2D eigenvalue weighted by Crippen LogP contribution is -2.62. The molecule has 0 bridgehead atoms. The second kappa shape index (κ2) is 14.7. The van der Waals surface area contributed by atoms with Gasteiger partial charge in [0.05, 0.1) is 32.0 Å². The van der Waals surface area contributed by atoms with Crippen LogP contribution < -0.4 is 0 Å². The maximum absolute atomic E-state index is 6.65. The average Bonchev–Trinajstić information content (AvgIpc) is 2.96. The third kappa shape index (κ3) is 7.98. The lowest BCUT2D eigenvalue weighted by molar-refractivity contribution is -0.196. The average molecular weight is 498 g/mol. The molecule has 0 unspecified atom stereocenters. The van der Waals surface area contributed by atoms with Crippen molar-refractivity contribution in [1.29, 1.82) is 0 Å². The predicted octanol–water partition coefficient (Wildman–Crippen LogP) is 6.58. The largest absolute Gasteiger partial charge is 0.369 e. The Bertz CT molecular complexity index is 1060. The lowest BCUT2D eigenvalue weighted by atomic mass is 9.92. The highest BCUT2D eigenvalue weighted by molar-refractivity contribution is 5.16. The normalized spacial score (nSPS) is 21.9. The first-order valence-electron chi connectivity index (χ1n) is 13.2. The van der Waals surface area contributed by atoms with Gasteiger partial charge in [-0.2, -0.15) is 0 Å². The Hall–Kier alpha value is -3.02. The molecule has 0 saturated carbocycles. The van der Waals surface area contributed by atoms with Crippen LogP contribution in [0, 0.1) is 0 Å². The molecule has 4 nitrogen and oxygen atoms in total. The molecule has 0 N–H and O–H groups in total. The van der Waals surface area contributed by atoms with Crippen LogP contribution in [0.4, 0.5) is 0 Å². The van der Waals surface area contributed by atoms with Crippen molar-refractivity contribution in [2.24, 2.45) is 0 Å². The van der Waals surface area contributed by atoms with Gasteiger partial charge in [-0.15, -0.1) is 13.2 Å². The van der Waals surface area contributed by atoms with Crippen molar-refractivity contribution in [3.8, 4) is 0 Å². The Kier molecular flexibility index (Phi) is 10.7. The maximum atomic E-state index is 6.65. The summed E-state index contributed by atoms with van der Waals surface area (Å²) < 4.78 is 19.9. The molecule has 1 aliphatic rings. The van der Waals surface area contributed by atoms with Gasteiger partial charge in [0.25, 0.3) is 0 Å². The van der Waals surface area contributed by atoms with E-state index in [1.165, 1.54) is 0 Å². The van der Waals surface area contributed by atoms with E-state index in [-0.39, 0.29) is 24.4 Å². The van der Waals surface area contributed by atoms with Crippen molar-refractivity contribution in [3.05, 3.63) is 133 Å². The van der Waals surface area contributed by atoms with Crippen molar-refractivity contribution in [2.45, 2.75) is 57.0 Å². The minimum atomic E-state index is -0.244. The van der Waals surface area contributed by atoms with Crippen LogP contribution in [0.5, 0.6) is 0 Å². The van der Waals surface area contributed by atoms with Gasteiger partial charge in [-0.3, -0.25) is 4.90 Å². The first kappa shape index (κ1) is 27.0. The molecule has 0 amide bonds. The van der Waals surface area contributed by atoms with E-state index in [2.05, 4.69) is 54.5 Å². The maximum Gasteiger partial charge on any atom is 0.113 e. The molecule has 37 heavy (non-hydrogen) atoms. The zero-order valence-corrected chi connectivity index (χ0v) is 21.7. The van der Waals surface area contributed by atoms with Crippen LogP contribution in [0.3, 0.4) is 0 Å². The summed E-state index contributed by atoms with van der Waals surface area (Å²) >= 11 is 0. The predicted molar refractivity (Wildman–Crippen MR) is 150 cm³/mol. The standard InChI is InChI=1S/C33H39NO3/c1-3-5-15-22-34-23-31(35-24-27-16-9-6-10-17-27)33(37-26-29-20-13-8-14-21-29)32(30(34)4-2)36-25-28-18-11-7-12-19-28/h3-4,6-14,16-21,30-33H,1-2,5,15,22-26H2/t30-,31+,32+,33+/m0/s1. The quantitative estimate of drug-likeness (QED) is 0.186. The number of benzene rings is 3. The molecule has 4 heteroatoms. The fourth-order valence-corrected chi connectivity index (χ4v) is 4.89. The van der Waals surface area contributed by atoms with Crippen molar-refractivity contribution in [3.63, 3.8) is 0 Å². The van der Waals surface area contributed by atoms with Gasteiger partial charge >= 0.3 is 0 Å². The van der Waals surface area contributed by atoms with Crippen molar-refractivity contribution >= 4 is 0 Å². The number of likely N-dealkylation sites (tertiary alicyclic amines) is 1. The number of hydrogen-bond donors (Lipinski definition) is 0. The molecule has 4 rings (SSSR count). The number of ether oxygens (including phenoxy) is 3. The number of rotatable bonds is 14. The van der Waals surface area contributed by atoms with E-state index in [9.17, 15) is 0 Å². The molecule has 1 heterocycles. The fourth-order valence-electron chi connectivity index (χ4n) is 4.89. The Morgan fingerprint density at radius 3 is 1.65 bits per heavy atom. The van der Waals surface area contributed by atoms with Crippen molar-refractivity contribution < 1.29 is 14.2 Å². The molecule has 1 aliphatic heterocycles. The summed E-state index contributed by atoms with van der Waals surface area (Å²) in [6.07, 6.45) is 5.37. The van der Waals surface area contributed by atoms with Gasteiger partial charge in [0.2, 0.25) is 0 Å². The molecule has 3 aromatic carbocycles. The molecule has 3 aromatic rings. The molecule has 4 atom stereocenters. The number of unbranched alkanes of at least 4 members (excludes halogenated alkanes) is 1. The topological polar surface area (TPSA) is 30.9 Å². The molecular weight excluding hydrogens is 458 g/mol. The molecular formula is C33H39NO3. The van der Waals surface area contributed by atoms with Gasteiger partial charge in [0, 0.05) is 6.54 Å². The SMILES string of the molecule is C=CCCCN1C[C@@H](OCc2ccccc2)[C@@H](OCc2ccccc2)[C@H](OCc2ccccc2)[C@@H]1C=C. The molecule has 0 radical (unpaired) electrons. The van der Waals surface area contributed by atoms with Crippen LogP contribution in [-0.4, -0.2) is 42.3 Å². The van der Waals surface area contributed by atoms with Crippen molar-refractivity contribution in [1.82, 2.24) is 4.90 Å². The van der Waals surface area contributed by atoms with Gasteiger partial charge in [0.15, 0.2) is 0 Å². The lowest BCUT2D eigenvalue weighted by Gasteiger charge is -2.47. The molecule has 1 fully saturated rings. The Balaban J connectivity index is 1.58. The van der Waals surface area contributed by atoms with Gasteiger partial charge in [-0.05, 0) is 36.1 Å². The highest BCUT2D eigenvalue weighted by atomic mass is 16.6. The summed E-state index contributed by atoms with van der Waals surface area (Å²) in [5, 5.41) is 0. The highest BCUT2D eigenvalue weighted by Crippen LogP contribution is 2.29. The molecule has 0 aromatic heterocycles. The van der Waals surface area contributed by atoms with E-state index in [0.29, 0.717) is 19.8 Å². The summed E-state index contributed by atoms with van der Waals surface area (Å²) in [7, 11) is 0. The van der Waals surface area contributed by atoms with Crippen LogP contribution >= 0.6 is 0 Å². The Morgan fingerprint density at radius 2 is 1.16 bits per heavy atom. The smallest absolute Gasteiger partial charge is 0.113 e. The molecule has 194 valence electrons. The number of nitrogens with zero attached hydrogens (tertiary/aromatic N) is 1. The summed E-state index contributed by atoms with van der Waals surface area (Å²) in [4.78, 5) is 2.43. The van der Waals surface area contributed by atoms with E-state index in [4.69, 9.17) is 14.2 Å². The second-order valence-corrected chi connectivity index (χ2v) is 9.51. The van der Waals surface area contributed by atoms with Crippen LogP contribution in [0.2, 0.25) is 0 Å². The molecule has 0 aliphatic carbocycles. The van der Waals surface area contributed by atoms with Gasteiger partial charge in [0.1, 0.15) is 12.2 Å². The van der Waals surface area contributed by atoms with Crippen LogP contribution in [0.1, 0.15) is 29.5 Å². The second-order valence-electron chi connectivity index (χ2n) is 9.51. The van der Waals surface area contributed by atoms with E-state index in [0.717, 1.165) is 42.6 Å². The number of hydrogen-bond acceptors (Lipinski definition) is 4. The third-order valence-electron chi connectivity index (χ3n) is 6.84.